The second-order valence-electron chi connectivity index (χ2n) is 9.03. The van der Waals surface area contributed by atoms with Crippen LogP contribution >= 0.6 is 11.6 Å². The van der Waals surface area contributed by atoms with Crippen LogP contribution in [0.5, 0.6) is 5.75 Å². The van der Waals surface area contributed by atoms with Gasteiger partial charge in [-0.1, -0.05) is 42.6 Å². The lowest BCUT2D eigenvalue weighted by Gasteiger charge is -2.12. The number of hydrogen-bond donors (Lipinski definition) is 3. The van der Waals surface area contributed by atoms with Crippen molar-refractivity contribution in [3.8, 4) is 17.0 Å². The van der Waals surface area contributed by atoms with Crippen LogP contribution in [0.15, 0.2) is 73.1 Å². The Hall–Kier alpha value is -4.17. The highest BCUT2D eigenvalue weighted by atomic mass is 35.5. The number of phenolic OH excluding ortho intramolecular Hbond substituents is 1. The monoisotopic (exact) mass is 515 g/mol. The van der Waals surface area contributed by atoms with Gasteiger partial charge in [0, 0.05) is 41.1 Å². The summed E-state index contributed by atoms with van der Waals surface area (Å²) in [7, 11) is 0. The highest BCUT2D eigenvalue weighted by Gasteiger charge is 2.26. The van der Waals surface area contributed by atoms with Crippen LogP contribution in [0.2, 0.25) is 5.02 Å². The van der Waals surface area contributed by atoms with Gasteiger partial charge in [-0.25, -0.2) is 4.79 Å². The van der Waals surface area contributed by atoms with Crippen LogP contribution in [-0.4, -0.2) is 31.8 Å². The maximum absolute atomic E-state index is 13.2. The topological polar surface area (TPSA) is 109 Å². The van der Waals surface area contributed by atoms with Crippen LogP contribution < -0.4 is 10.6 Å². The van der Waals surface area contributed by atoms with Gasteiger partial charge in [-0.15, -0.1) is 0 Å². The molecule has 0 atom stereocenters. The standard InChI is InChI=1S/C28H26ClN5O3/c29-23-10-4-3-8-19(23)17-31-28(37)34-25(18-6-1-2-7-18)15-24(33-34)22-14-21(11-12-26(22)35)32-27(36)20-9-5-13-30-16-20/h3-5,8-16,18,35H,1-2,6-7,17H2,(H,31,37)(H,32,36). The number of carbonyl (C=O) groups is 2. The van der Waals surface area contributed by atoms with Crippen LogP contribution in [0, 0.1) is 0 Å². The fraction of sp³-hybridized carbons (Fsp3) is 0.214. The van der Waals surface area contributed by atoms with Crippen molar-refractivity contribution < 1.29 is 14.7 Å². The van der Waals surface area contributed by atoms with Gasteiger partial charge in [0.25, 0.3) is 5.91 Å². The van der Waals surface area contributed by atoms with Crippen LogP contribution in [0.3, 0.4) is 0 Å². The molecule has 0 unspecified atom stereocenters. The number of nitrogens with one attached hydrogen (secondary N) is 2. The predicted octanol–water partition coefficient (Wildman–Crippen LogP) is 5.97. The van der Waals surface area contributed by atoms with E-state index in [0.29, 0.717) is 27.5 Å². The van der Waals surface area contributed by atoms with Crippen LogP contribution in [-0.2, 0) is 6.54 Å². The molecule has 1 fully saturated rings. The zero-order chi connectivity index (χ0) is 25.8. The molecule has 1 aliphatic rings. The number of phenols is 1. The summed E-state index contributed by atoms with van der Waals surface area (Å²) in [5, 5.41) is 21.5. The fourth-order valence-corrected chi connectivity index (χ4v) is 4.81. The Kier molecular flexibility index (Phi) is 7.18. The first-order chi connectivity index (χ1) is 18.0. The van der Waals surface area contributed by atoms with Gasteiger partial charge >= 0.3 is 6.03 Å². The zero-order valence-corrected chi connectivity index (χ0v) is 20.8. The lowest BCUT2D eigenvalue weighted by molar-refractivity contribution is 0.102. The van der Waals surface area contributed by atoms with Crippen LogP contribution in [0.1, 0.15) is 53.2 Å². The van der Waals surface area contributed by atoms with Gasteiger partial charge in [0.1, 0.15) is 5.75 Å². The van der Waals surface area contributed by atoms with Crippen molar-refractivity contribution in [3.05, 3.63) is 94.9 Å². The van der Waals surface area contributed by atoms with E-state index in [1.165, 1.54) is 16.9 Å². The number of anilines is 1. The van der Waals surface area contributed by atoms with Crippen LogP contribution in [0.25, 0.3) is 11.3 Å². The van der Waals surface area contributed by atoms with E-state index in [-0.39, 0.29) is 30.2 Å². The van der Waals surface area contributed by atoms with Crippen molar-refractivity contribution in [1.82, 2.24) is 20.1 Å². The predicted molar refractivity (Wildman–Crippen MR) is 142 cm³/mol. The largest absolute Gasteiger partial charge is 0.507 e. The van der Waals surface area contributed by atoms with Gasteiger partial charge in [0.15, 0.2) is 0 Å². The minimum Gasteiger partial charge on any atom is -0.507 e. The van der Waals surface area contributed by atoms with Gasteiger partial charge in [0.2, 0.25) is 0 Å². The fourth-order valence-electron chi connectivity index (χ4n) is 4.61. The van der Waals surface area contributed by atoms with E-state index in [9.17, 15) is 14.7 Å². The van der Waals surface area contributed by atoms with Gasteiger partial charge in [0.05, 0.1) is 17.0 Å². The summed E-state index contributed by atoms with van der Waals surface area (Å²) in [6.07, 6.45) is 7.19. The van der Waals surface area contributed by atoms with Crippen LogP contribution in [0.4, 0.5) is 10.5 Å². The number of aromatic nitrogens is 3. The number of rotatable bonds is 6. The first kappa shape index (κ1) is 24.5. The molecule has 9 heteroatoms. The molecule has 1 saturated carbocycles. The summed E-state index contributed by atoms with van der Waals surface area (Å²) < 4.78 is 1.39. The number of pyridine rings is 1. The van der Waals surface area contributed by atoms with Gasteiger partial charge < -0.3 is 15.7 Å². The molecule has 3 N–H and O–H groups in total. The summed E-state index contributed by atoms with van der Waals surface area (Å²) in [6.45, 7) is 0.263. The average molecular weight is 516 g/mol. The molecule has 2 aromatic heterocycles. The molecule has 2 heterocycles. The molecule has 2 aromatic carbocycles. The molecule has 0 radical (unpaired) electrons. The number of benzene rings is 2. The minimum absolute atomic E-state index is 0.00141. The van der Waals surface area contributed by atoms with Crippen molar-refractivity contribution in [2.24, 2.45) is 0 Å². The summed E-state index contributed by atoms with van der Waals surface area (Å²) in [6, 6.07) is 16.9. The smallest absolute Gasteiger partial charge is 0.342 e. The van der Waals surface area contributed by atoms with Crippen molar-refractivity contribution in [2.75, 3.05) is 5.32 Å². The molecule has 188 valence electrons. The Morgan fingerprint density at radius 1 is 1.05 bits per heavy atom. The molecule has 8 nitrogen and oxygen atoms in total. The van der Waals surface area contributed by atoms with E-state index in [1.54, 1.807) is 36.5 Å². The molecular weight excluding hydrogens is 490 g/mol. The van der Waals surface area contributed by atoms with Gasteiger partial charge in [-0.2, -0.15) is 9.78 Å². The van der Waals surface area contributed by atoms with E-state index in [0.717, 1.165) is 36.9 Å². The molecule has 2 amide bonds. The molecule has 0 bridgehead atoms. The second kappa shape index (κ2) is 10.8. The third-order valence-electron chi connectivity index (χ3n) is 6.54. The number of aromatic hydroxyl groups is 1. The quantitative estimate of drug-likeness (QED) is 0.274. The van der Waals surface area contributed by atoms with E-state index in [4.69, 9.17) is 11.6 Å². The Morgan fingerprint density at radius 3 is 2.62 bits per heavy atom. The normalized spacial score (nSPS) is 13.4. The van der Waals surface area contributed by atoms with Crippen molar-refractivity contribution in [3.63, 3.8) is 0 Å². The SMILES string of the molecule is O=C(Nc1ccc(O)c(-c2cc(C3CCCC3)n(C(=O)NCc3ccccc3Cl)n2)c1)c1cccnc1. The number of halogens is 1. The first-order valence-corrected chi connectivity index (χ1v) is 12.5. The van der Waals surface area contributed by atoms with E-state index < -0.39 is 0 Å². The van der Waals surface area contributed by atoms with Gasteiger partial charge in [-0.3, -0.25) is 9.78 Å². The van der Waals surface area contributed by atoms with Gasteiger partial charge in [-0.05, 0) is 60.9 Å². The Bertz CT molecular complexity index is 1430. The molecule has 4 aromatic rings. The second-order valence-corrected chi connectivity index (χ2v) is 9.43. The summed E-state index contributed by atoms with van der Waals surface area (Å²) in [4.78, 5) is 29.8. The first-order valence-electron chi connectivity index (χ1n) is 12.2. The third kappa shape index (κ3) is 5.49. The number of hydrogen-bond acceptors (Lipinski definition) is 5. The minimum atomic E-state index is -0.367. The molecule has 5 rings (SSSR count). The van der Waals surface area contributed by atoms with Crippen molar-refractivity contribution in [2.45, 2.75) is 38.1 Å². The maximum Gasteiger partial charge on any atom is 0.342 e. The summed E-state index contributed by atoms with van der Waals surface area (Å²) in [5.41, 5.74) is 3.38. The average Bonchev–Trinajstić information content (AvgIpc) is 3.60. The van der Waals surface area contributed by atoms with E-state index in [2.05, 4.69) is 20.7 Å². The highest BCUT2D eigenvalue weighted by Crippen LogP contribution is 2.38. The lowest BCUT2D eigenvalue weighted by Crippen LogP contribution is -2.30. The summed E-state index contributed by atoms with van der Waals surface area (Å²) in [5.74, 6) is -0.123. The molecule has 0 saturated heterocycles. The number of amides is 2. The Balaban J connectivity index is 1.43. The molecule has 37 heavy (non-hydrogen) atoms. The highest BCUT2D eigenvalue weighted by molar-refractivity contribution is 6.31. The molecule has 0 aliphatic heterocycles. The van der Waals surface area contributed by atoms with Crippen molar-refractivity contribution in [1.29, 1.82) is 0 Å². The number of nitrogens with zero attached hydrogens (tertiary/aromatic N) is 3. The molecule has 0 spiro atoms. The maximum atomic E-state index is 13.2. The molecular formula is C28H26ClN5O3. The Morgan fingerprint density at radius 2 is 1.86 bits per heavy atom. The van der Waals surface area contributed by atoms with Crippen molar-refractivity contribution >= 4 is 29.2 Å². The van der Waals surface area contributed by atoms with E-state index >= 15 is 0 Å². The third-order valence-corrected chi connectivity index (χ3v) is 6.91. The lowest BCUT2D eigenvalue weighted by atomic mass is 10.0. The molecule has 1 aliphatic carbocycles. The summed E-state index contributed by atoms with van der Waals surface area (Å²) >= 11 is 6.25. The van der Waals surface area contributed by atoms with E-state index in [1.807, 2.05) is 24.3 Å². The zero-order valence-electron chi connectivity index (χ0n) is 20.0. The Labute approximate surface area is 219 Å². The number of carbonyl (C=O) groups excluding carboxylic acids is 2.